The molecule has 0 saturated carbocycles. The first kappa shape index (κ1) is 19.5. The molecule has 0 heterocycles. The Labute approximate surface area is 141 Å². The van der Waals surface area contributed by atoms with Crippen molar-refractivity contribution in [3.8, 4) is 0 Å². The van der Waals surface area contributed by atoms with Gasteiger partial charge in [0, 0.05) is 6.42 Å². The first-order chi connectivity index (χ1) is 11.1. The van der Waals surface area contributed by atoms with Crippen molar-refractivity contribution in [3.05, 3.63) is 35.9 Å². The minimum Gasteiger partial charge on any atom is -0.480 e. The highest BCUT2D eigenvalue weighted by atomic mass is 16.6. The number of aliphatic carboxylic acids is 1. The molecule has 0 aliphatic rings. The lowest BCUT2D eigenvalue weighted by molar-refractivity contribution is -0.141. The van der Waals surface area contributed by atoms with Crippen molar-refractivity contribution < 1.29 is 24.2 Å². The van der Waals surface area contributed by atoms with Crippen molar-refractivity contribution in [1.82, 2.24) is 10.6 Å². The second-order valence-electron chi connectivity index (χ2n) is 6.46. The van der Waals surface area contributed by atoms with Crippen molar-refractivity contribution >= 4 is 18.0 Å². The number of hydrogen-bond acceptors (Lipinski definition) is 4. The van der Waals surface area contributed by atoms with Gasteiger partial charge < -0.3 is 20.5 Å². The molecule has 1 aromatic rings. The van der Waals surface area contributed by atoms with E-state index in [0.29, 0.717) is 0 Å². The van der Waals surface area contributed by atoms with Crippen molar-refractivity contribution in [3.63, 3.8) is 0 Å². The molecule has 7 heteroatoms. The van der Waals surface area contributed by atoms with Gasteiger partial charge in [-0.15, -0.1) is 0 Å². The summed E-state index contributed by atoms with van der Waals surface area (Å²) in [6.45, 7) is 6.50. The first-order valence-electron chi connectivity index (χ1n) is 7.65. The number of nitrogens with one attached hydrogen (secondary N) is 2. The van der Waals surface area contributed by atoms with E-state index in [1.165, 1.54) is 6.92 Å². The molecule has 2 amide bonds. The molecule has 0 saturated heterocycles. The average Bonchev–Trinajstić information content (AvgIpc) is 2.45. The Balaban J connectivity index is 2.84. The summed E-state index contributed by atoms with van der Waals surface area (Å²) in [4.78, 5) is 35.2. The van der Waals surface area contributed by atoms with Crippen LogP contribution in [0.5, 0.6) is 0 Å². The number of carbonyl (C=O) groups is 3. The SMILES string of the molecule is C[C@H](NC(=O)[C@@H](Cc1ccccc1)NC(=O)OC(C)(C)C)C(=O)O. The molecule has 0 aliphatic carbocycles. The van der Waals surface area contributed by atoms with Gasteiger partial charge in [-0.25, -0.2) is 4.79 Å². The van der Waals surface area contributed by atoms with Crippen LogP contribution in [0.1, 0.15) is 33.3 Å². The third-order valence-electron chi connectivity index (χ3n) is 3.02. The fourth-order valence-electron chi connectivity index (χ4n) is 1.88. The molecule has 0 spiro atoms. The molecule has 1 aromatic carbocycles. The van der Waals surface area contributed by atoms with Crippen molar-refractivity contribution in [1.29, 1.82) is 0 Å². The number of rotatable bonds is 6. The molecular formula is C17H24N2O5. The number of amides is 2. The molecule has 1 rings (SSSR count). The second kappa shape index (κ2) is 8.33. The highest BCUT2D eigenvalue weighted by Crippen LogP contribution is 2.09. The Hall–Kier alpha value is -2.57. The molecule has 0 aliphatic heterocycles. The van der Waals surface area contributed by atoms with E-state index in [4.69, 9.17) is 9.84 Å². The van der Waals surface area contributed by atoms with Gasteiger partial charge in [-0.05, 0) is 33.3 Å². The zero-order chi connectivity index (χ0) is 18.3. The standard InChI is InChI=1S/C17H24N2O5/c1-11(15(21)22)18-14(20)13(10-12-8-6-5-7-9-12)19-16(23)24-17(2,3)4/h5-9,11,13H,10H2,1-4H3,(H,18,20)(H,19,23)(H,21,22)/t11-,13+/m0/s1. The van der Waals surface area contributed by atoms with Crippen molar-refractivity contribution in [2.45, 2.75) is 51.8 Å². The molecule has 0 aromatic heterocycles. The molecule has 24 heavy (non-hydrogen) atoms. The summed E-state index contributed by atoms with van der Waals surface area (Å²) < 4.78 is 5.16. The van der Waals surface area contributed by atoms with Crippen LogP contribution >= 0.6 is 0 Å². The molecule has 3 N–H and O–H groups in total. The predicted octanol–water partition coefficient (Wildman–Crippen LogP) is 1.71. The zero-order valence-electron chi connectivity index (χ0n) is 14.3. The Kier molecular flexibility index (Phi) is 6.76. The summed E-state index contributed by atoms with van der Waals surface area (Å²) >= 11 is 0. The minimum absolute atomic E-state index is 0.220. The van der Waals surface area contributed by atoms with E-state index < -0.39 is 35.7 Å². The van der Waals surface area contributed by atoms with Gasteiger partial charge in [-0.2, -0.15) is 0 Å². The van der Waals surface area contributed by atoms with E-state index in [1.807, 2.05) is 30.3 Å². The van der Waals surface area contributed by atoms with Crippen molar-refractivity contribution in [2.75, 3.05) is 0 Å². The third kappa shape index (κ3) is 7.13. The summed E-state index contributed by atoms with van der Waals surface area (Å²) in [5, 5.41) is 13.8. The summed E-state index contributed by atoms with van der Waals surface area (Å²) in [5.74, 6) is -1.74. The van der Waals surface area contributed by atoms with Gasteiger partial charge in [0.25, 0.3) is 0 Å². The van der Waals surface area contributed by atoms with Crippen LogP contribution in [0.4, 0.5) is 4.79 Å². The van der Waals surface area contributed by atoms with E-state index >= 15 is 0 Å². The van der Waals surface area contributed by atoms with Crippen LogP contribution in [0.2, 0.25) is 0 Å². The van der Waals surface area contributed by atoms with E-state index in [9.17, 15) is 14.4 Å². The number of carboxylic acid groups (broad SMARTS) is 1. The molecule has 7 nitrogen and oxygen atoms in total. The lowest BCUT2D eigenvalue weighted by atomic mass is 10.1. The number of carboxylic acids is 1. The lowest BCUT2D eigenvalue weighted by Crippen LogP contribution is -2.52. The maximum atomic E-state index is 12.3. The Morgan fingerprint density at radius 1 is 1.12 bits per heavy atom. The lowest BCUT2D eigenvalue weighted by Gasteiger charge is -2.24. The molecular weight excluding hydrogens is 312 g/mol. The Bertz CT molecular complexity index is 580. The quantitative estimate of drug-likeness (QED) is 0.733. The van der Waals surface area contributed by atoms with Gasteiger partial charge in [0.1, 0.15) is 17.7 Å². The second-order valence-corrected chi connectivity index (χ2v) is 6.46. The summed E-state index contributed by atoms with van der Waals surface area (Å²) in [7, 11) is 0. The van der Waals surface area contributed by atoms with E-state index in [0.717, 1.165) is 5.56 Å². The van der Waals surface area contributed by atoms with E-state index in [-0.39, 0.29) is 6.42 Å². The maximum absolute atomic E-state index is 12.3. The first-order valence-corrected chi connectivity index (χ1v) is 7.65. The monoisotopic (exact) mass is 336 g/mol. The number of hydrogen-bond donors (Lipinski definition) is 3. The summed E-state index contributed by atoms with van der Waals surface area (Å²) in [6.07, 6.45) is -0.514. The molecule has 0 unspecified atom stereocenters. The number of benzene rings is 1. The fraction of sp³-hybridized carbons (Fsp3) is 0.471. The molecule has 0 radical (unpaired) electrons. The molecule has 2 atom stereocenters. The van der Waals surface area contributed by atoms with Gasteiger partial charge in [-0.3, -0.25) is 9.59 Å². The Morgan fingerprint density at radius 2 is 1.71 bits per heavy atom. The van der Waals surface area contributed by atoms with Crippen LogP contribution in [-0.2, 0) is 20.7 Å². The highest BCUT2D eigenvalue weighted by Gasteiger charge is 2.26. The molecule has 0 fully saturated rings. The third-order valence-corrected chi connectivity index (χ3v) is 3.02. The smallest absolute Gasteiger partial charge is 0.408 e. The van der Waals surface area contributed by atoms with Crippen LogP contribution < -0.4 is 10.6 Å². The van der Waals surface area contributed by atoms with Gasteiger partial charge in [0.15, 0.2) is 0 Å². The highest BCUT2D eigenvalue weighted by molar-refractivity contribution is 5.89. The largest absolute Gasteiger partial charge is 0.480 e. The van der Waals surface area contributed by atoms with Crippen LogP contribution in [-0.4, -0.2) is 40.8 Å². The molecule has 0 bridgehead atoms. The minimum atomic E-state index is -1.15. The van der Waals surface area contributed by atoms with Crippen LogP contribution in [0.25, 0.3) is 0 Å². The topological polar surface area (TPSA) is 105 Å². The predicted molar refractivity (Wildman–Crippen MR) is 88.5 cm³/mol. The van der Waals surface area contributed by atoms with E-state index in [1.54, 1.807) is 20.8 Å². The number of ether oxygens (including phenoxy) is 1. The summed E-state index contributed by atoms with van der Waals surface area (Å²) in [5.41, 5.74) is 0.128. The van der Waals surface area contributed by atoms with Gasteiger partial charge in [-0.1, -0.05) is 30.3 Å². The van der Waals surface area contributed by atoms with Gasteiger partial charge >= 0.3 is 12.1 Å². The van der Waals surface area contributed by atoms with Gasteiger partial charge in [0.2, 0.25) is 5.91 Å². The van der Waals surface area contributed by atoms with Crippen LogP contribution in [0.3, 0.4) is 0 Å². The fourth-order valence-corrected chi connectivity index (χ4v) is 1.88. The van der Waals surface area contributed by atoms with Crippen molar-refractivity contribution in [2.24, 2.45) is 0 Å². The van der Waals surface area contributed by atoms with E-state index in [2.05, 4.69) is 10.6 Å². The zero-order valence-corrected chi connectivity index (χ0v) is 14.3. The average molecular weight is 336 g/mol. The van der Waals surface area contributed by atoms with Crippen LogP contribution in [0, 0.1) is 0 Å². The van der Waals surface area contributed by atoms with Crippen LogP contribution in [0.15, 0.2) is 30.3 Å². The maximum Gasteiger partial charge on any atom is 0.408 e. The number of carbonyl (C=O) groups excluding carboxylic acids is 2. The molecule has 132 valence electrons. The number of alkyl carbamates (subject to hydrolysis) is 1. The normalized spacial score (nSPS) is 13.5. The Morgan fingerprint density at radius 3 is 2.21 bits per heavy atom. The van der Waals surface area contributed by atoms with Gasteiger partial charge in [0.05, 0.1) is 0 Å². The summed E-state index contributed by atoms with van der Waals surface area (Å²) in [6, 6.07) is 7.11.